The van der Waals surface area contributed by atoms with Gasteiger partial charge in [0.2, 0.25) is 0 Å². The lowest BCUT2D eigenvalue weighted by atomic mass is 10.0. The number of ether oxygens (including phenoxy) is 3. The predicted octanol–water partition coefficient (Wildman–Crippen LogP) is 2.65. The van der Waals surface area contributed by atoms with Crippen molar-refractivity contribution in [3.05, 3.63) is 23.8 Å². The van der Waals surface area contributed by atoms with Crippen molar-refractivity contribution in [1.82, 2.24) is 15.5 Å². The standard InChI is InChI=1S/C22H38N4O3/c1-6-12-29-19-9-8-18(15-20(19)27-5)16-24-21(23-7-2)25-17-22(3,4)26-10-13-28-14-11-26/h8-9,15H,6-7,10-14,16-17H2,1-5H3,(H2,23,24,25). The molecule has 0 unspecified atom stereocenters. The van der Waals surface area contributed by atoms with E-state index in [2.05, 4.69) is 43.2 Å². The molecule has 0 atom stereocenters. The smallest absolute Gasteiger partial charge is 0.191 e. The van der Waals surface area contributed by atoms with Gasteiger partial charge in [-0.3, -0.25) is 4.90 Å². The molecule has 0 amide bonds. The van der Waals surface area contributed by atoms with Gasteiger partial charge < -0.3 is 24.8 Å². The molecule has 0 saturated carbocycles. The van der Waals surface area contributed by atoms with Gasteiger partial charge in [-0.1, -0.05) is 13.0 Å². The molecule has 0 radical (unpaired) electrons. The Hall–Kier alpha value is -1.99. The van der Waals surface area contributed by atoms with Gasteiger partial charge in [0.1, 0.15) is 0 Å². The van der Waals surface area contributed by atoms with E-state index in [0.29, 0.717) is 13.2 Å². The highest BCUT2D eigenvalue weighted by molar-refractivity contribution is 5.79. The third-order valence-electron chi connectivity index (χ3n) is 5.01. The fraction of sp³-hybridized carbons (Fsp3) is 0.682. The van der Waals surface area contributed by atoms with Crippen LogP contribution < -0.4 is 20.1 Å². The number of benzene rings is 1. The molecule has 0 aromatic heterocycles. The predicted molar refractivity (Wildman–Crippen MR) is 118 cm³/mol. The largest absolute Gasteiger partial charge is 0.493 e. The Balaban J connectivity index is 1.99. The average Bonchev–Trinajstić information content (AvgIpc) is 2.75. The lowest BCUT2D eigenvalue weighted by Gasteiger charge is -2.41. The van der Waals surface area contributed by atoms with E-state index in [-0.39, 0.29) is 5.54 Å². The molecule has 7 heteroatoms. The lowest BCUT2D eigenvalue weighted by Crippen LogP contribution is -2.56. The summed E-state index contributed by atoms with van der Waals surface area (Å²) in [5, 5.41) is 6.83. The molecule has 1 aliphatic heterocycles. The molecule has 1 aliphatic rings. The summed E-state index contributed by atoms with van der Waals surface area (Å²) in [4.78, 5) is 7.22. The van der Waals surface area contributed by atoms with Gasteiger partial charge in [0.15, 0.2) is 17.5 Å². The van der Waals surface area contributed by atoms with Crippen LogP contribution in [0.1, 0.15) is 39.7 Å². The first-order chi connectivity index (χ1) is 14.0. The molecule has 164 valence electrons. The van der Waals surface area contributed by atoms with Crippen molar-refractivity contribution >= 4 is 5.96 Å². The Morgan fingerprint density at radius 1 is 1.17 bits per heavy atom. The lowest BCUT2D eigenvalue weighted by molar-refractivity contribution is -0.00834. The number of hydrogen-bond donors (Lipinski definition) is 2. The van der Waals surface area contributed by atoms with E-state index in [0.717, 1.165) is 68.8 Å². The van der Waals surface area contributed by atoms with Crippen LogP contribution in [0.25, 0.3) is 0 Å². The Kier molecular flexibility index (Phi) is 9.54. The Morgan fingerprint density at radius 3 is 2.59 bits per heavy atom. The van der Waals surface area contributed by atoms with Crippen molar-refractivity contribution in [3.8, 4) is 11.5 Å². The van der Waals surface area contributed by atoms with Gasteiger partial charge >= 0.3 is 0 Å². The summed E-state index contributed by atoms with van der Waals surface area (Å²) in [6.07, 6.45) is 0.966. The molecule has 2 N–H and O–H groups in total. The number of methoxy groups -OCH3 is 1. The molecule has 2 rings (SSSR count). The average molecular weight is 407 g/mol. The highest BCUT2D eigenvalue weighted by Crippen LogP contribution is 2.28. The van der Waals surface area contributed by atoms with Gasteiger partial charge in [-0.25, -0.2) is 4.99 Å². The molecule has 1 fully saturated rings. The Morgan fingerprint density at radius 2 is 1.93 bits per heavy atom. The van der Waals surface area contributed by atoms with Crippen molar-refractivity contribution in [1.29, 1.82) is 0 Å². The molecular weight excluding hydrogens is 368 g/mol. The van der Waals surface area contributed by atoms with E-state index in [1.54, 1.807) is 7.11 Å². The van der Waals surface area contributed by atoms with Gasteiger partial charge in [0, 0.05) is 31.7 Å². The third-order valence-corrected chi connectivity index (χ3v) is 5.01. The fourth-order valence-electron chi connectivity index (χ4n) is 3.23. The minimum atomic E-state index is 0.0292. The van der Waals surface area contributed by atoms with Crippen LogP contribution in [0.5, 0.6) is 11.5 Å². The van der Waals surface area contributed by atoms with E-state index in [4.69, 9.17) is 19.2 Å². The molecule has 29 heavy (non-hydrogen) atoms. The van der Waals surface area contributed by atoms with Gasteiger partial charge in [0.25, 0.3) is 0 Å². The van der Waals surface area contributed by atoms with Crippen LogP contribution in [0, 0.1) is 0 Å². The summed E-state index contributed by atoms with van der Waals surface area (Å²) in [5.41, 5.74) is 1.11. The van der Waals surface area contributed by atoms with Gasteiger partial charge in [-0.15, -0.1) is 0 Å². The number of rotatable bonds is 10. The number of guanidine groups is 1. The van der Waals surface area contributed by atoms with Crippen LogP contribution in [0.4, 0.5) is 0 Å². The first-order valence-electron chi connectivity index (χ1n) is 10.6. The van der Waals surface area contributed by atoms with Crippen LogP contribution in [-0.4, -0.2) is 69.5 Å². The molecule has 0 bridgehead atoms. The SMILES string of the molecule is CCCOc1ccc(CN=C(NCC)NCC(C)(C)N2CCOCC2)cc1OC. The minimum absolute atomic E-state index is 0.0292. The number of morpholine rings is 1. The van der Waals surface area contributed by atoms with Crippen LogP contribution in [0.3, 0.4) is 0 Å². The van der Waals surface area contributed by atoms with Crippen molar-refractivity contribution < 1.29 is 14.2 Å². The van der Waals surface area contributed by atoms with E-state index in [1.807, 2.05) is 18.2 Å². The maximum atomic E-state index is 5.73. The summed E-state index contributed by atoms with van der Waals surface area (Å²) in [7, 11) is 1.67. The van der Waals surface area contributed by atoms with Gasteiger partial charge in [-0.05, 0) is 44.9 Å². The first-order valence-corrected chi connectivity index (χ1v) is 10.6. The maximum Gasteiger partial charge on any atom is 0.191 e. The number of nitrogens with one attached hydrogen (secondary N) is 2. The molecule has 1 aromatic carbocycles. The van der Waals surface area contributed by atoms with E-state index in [1.165, 1.54) is 0 Å². The summed E-state index contributed by atoms with van der Waals surface area (Å²) in [5.74, 6) is 2.34. The second-order valence-electron chi connectivity index (χ2n) is 7.79. The van der Waals surface area contributed by atoms with E-state index < -0.39 is 0 Å². The second kappa shape index (κ2) is 11.9. The number of aliphatic imine (C=N–C) groups is 1. The molecule has 1 aromatic rings. The van der Waals surface area contributed by atoms with Crippen molar-refractivity contribution in [3.63, 3.8) is 0 Å². The van der Waals surface area contributed by atoms with Crippen LogP contribution in [0.15, 0.2) is 23.2 Å². The minimum Gasteiger partial charge on any atom is -0.493 e. The zero-order chi connectivity index (χ0) is 21.1. The third kappa shape index (κ3) is 7.40. The van der Waals surface area contributed by atoms with Crippen LogP contribution in [-0.2, 0) is 11.3 Å². The van der Waals surface area contributed by atoms with Crippen molar-refractivity contribution in [2.45, 2.75) is 46.2 Å². The maximum absolute atomic E-state index is 5.73. The topological polar surface area (TPSA) is 67.4 Å². The quantitative estimate of drug-likeness (QED) is 0.460. The van der Waals surface area contributed by atoms with Gasteiger partial charge in [-0.2, -0.15) is 0 Å². The zero-order valence-corrected chi connectivity index (χ0v) is 18.7. The molecule has 7 nitrogen and oxygen atoms in total. The summed E-state index contributed by atoms with van der Waals surface area (Å²) in [6.45, 7) is 15.1. The number of hydrogen-bond acceptors (Lipinski definition) is 5. The Labute approximate surface area is 175 Å². The van der Waals surface area contributed by atoms with E-state index in [9.17, 15) is 0 Å². The van der Waals surface area contributed by atoms with E-state index >= 15 is 0 Å². The molecular formula is C22H38N4O3. The summed E-state index contributed by atoms with van der Waals surface area (Å²) < 4.78 is 16.7. The Bertz CT molecular complexity index is 643. The first kappa shape index (κ1) is 23.3. The van der Waals surface area contributed by atoms with Gasteiger partial charge in [0.05, 0.1) is 33.5 Å². The second-order valence-corrected chi connectivity index (χ2v) is 7.79. The monoisotopic (exact) mass is 406 g/mol. The highest BCUT2D eigenvalue weighted by atomic mass is 16.5. The van der Waals surface area contributed by atoms with Crippen molar-refractivity contribution in [2.75, 3.05) is 53.1 Å². The molecule has 1 heterocycles. The van der Waals surface area contributed by atoms with Crippen LogP contribution >= 0.6 is 0 Å². The highest BCUT2D eigenvalue weighted by Gasteiger charge is 2.28. The normalized spacial score (nSPS) is 15.8. The molecule has 0 spiro atoms. The molecule has 0 aliphatic carbocycles. The summed E-state index contributed by atoms with van der Waals surface area (Å²) >= 11 is 0. The van der Waals surface area contributed by atoms with Crippen LogP contribution in [0.2, 0.25) is 0 Å². The molecule has 1 saturated heterocycles. The van der Waals surface area contributed by atoms with Crippen molar-refractivity contribution in [2.24, 2.45) is 4.99 Å². The summed E-state index contributed by atoms with van der Waals surface area (Å²) in [6, 6.07) is 6.00. The zero-order valence-electron chi connectivity index (χ0n) is 18.7. The number of nitrogens with zero attached hydrogens (tertiary/aromatic N) is 2. The fourth-order valence-corrected chi connectivity index (χ4v) is 3.23.